The third-order valence-electron chi connectivity index (χ3n) is 3.61. The fourth-order valence-electron chi connectivity index (χ4n) is 1.97. The number of anilines is 1. The van der Waals surface area contributed by atoms with Crippen molar-refractivity contribution in [3.63, 3.8) is 0 Å². The summed E-state index contributed by atoms with van der Waals surface area (Å²) >= 11 is 1.26. The van der Waals surface area contributed by atoms with E-state index in [9.17, 15) is 13.6 Å². The molecular formula is C17H19F2N3O2S. The Morgan fingerprint density at radius 3 is 2.20 bits per heavy atom. The number of halogens is 2. The molecule has 0 radical (unpaired) electrons. The number of carbonyl (C=O) groups excluding carboxylic acids is 1. The molecule has 1 unspecified atom stereocenters. The molecule has 0 fully saturated rings. The molecule has 2 rings (SSSR count). The second-order valence-electron chi connectivity index (χ2n) is 5.45. The lowest BCUT2D eigenvalue weighted by molar-refractivity contribution is -0.115. The van der Waals surface area contributed by atoms with Gasteiger partial charge in [0.1, 0.15) is 5.75 Å². The van der Waals surface area contributed by atoms with Crippen LogP contribution in [0.4, 0.5) is 14.5 Å². The number of thioether (sulfide) groups is 1. The van der Waals surface area contributed by atoms with Crippen molar-refractivity contribution in [1.82, 2.24) is 9.97 Å². The minimum absolute atomic E-state index is 0.0365. The molecule has 1 aromatic heterocycles. The first kappa shape index (κ1) is 19.1. The summed E-state index contributed by atoms with van der Waals surface area (Å²) in [4.78, 5) is 21.1. The van der Waals surface area contributed by atoms with E-state index in [1.54, 1.807) is 6.92 Å². The van der Waals surface area contributed by atoms with Crippen molar-refractivity contribution >= 4 is 23.4 Å². The van der Waals surface area contributed by atoms with Crippen LogP contribution < -0.4 is 10.1 Å². The number of benzene rings is 1. The van der Waals surface area contributed by atoms with Crippen LogP contribution in [0.3, 0.4) is 0 Å². The van der Waals surface area contributed by atoms with Gasteiger partial charge in [-0.05, 0) is 57.5 Å². The number of hydrogen-bond acceptors (Lipinski definition) is 5. The standard InChI is InChI=1S/C17H19F2N3O2S/c1-9-10(2)20-17(21-11(9)3)25-12(4)15(23)22-13-5-7-14(8-6-13)24-16(18)19/h5-8,12,16H,1-4H3,(H,22,23). The van der Waals surface area contributed by atoms with Crippen molar-refractivity contribution in [2.45, 2.75) is 44.7 Å². The Kier molecular flexibility index (Phi) is 6.30. The van der Waals surface area contributed by atoms with Crippen LogP contribution in [0.25, 0.3) is 0 Å². The van der Waals surface area contributed by atoms with Crippen molar-refractivity contribution in [2.24, 2.45) is 0 Å². The SMILES string of the molecule is Cc1nc(SC(C)C(=O)Nc2ccc(OC(F)F)cc2)nc(C)c1C. The molecule has 0 bridgehead atoms. The predicted octanol–water partition coefficient (Wildman–Crippen LogP) is 4.12. The number of aromatic nitrogens is 2. The summed E-state index contributed by atoms with van der Waals surface area (Å²) in [7, 11) is 0. The number of ether oxygens (including phenoxy) is 1. The maximum absolute atomic E-state index is 12.3. The van der Waals surface area contributed by atoms with E-state index in [4.69, 9.17) is 0 Å². The van der Waals surface area contributed by atoms with Gasteiger partial charge in [-0.15, -0.1) is 0 Å². The molecule has 5 nitrogen and oxygen atoms in total. The van der Waals surface area contributed by atoms with Gasteiger partial charge in [0.15, 0.2) is 5.16 Å². The van der Waals surface area contributed by atoms with Crippen LogP contribution >= 0.6 is 11.8 Å². The average Bonchev–Trinajstić information content (AvgIpc) is 2.53. The Morgan fingerprint density at radius 2 is 1.68 bits per heavy atom. The Hall–Kier alpha value is -2.22. The molecule has 0 saturated carbocycles. The number of hydrogen-bond donors (Lipinski definition) is 1. The number of nitrogens with zero attached hydrogens (tertiary/aromatic N) is 2. The van der Waals surface area contributed by atoms with E-state index in [-0.39, 0.29) is 11.7 Å². The minimum Gasteiger partial charge on any atom is -0.435 e. The number of carbonyl (C=O) groups is 1. The average molecular weight is 367 g/mol. The highest BCUT2D eigenvalue weighted by Crippen LogP contribution is 2.23. The van der Waals surface area contributed by atoms with Crippen molar-refractivity contribution in [1.29, 1.82) is 0 Å². The number of aryl methyl sites for hydroxylation is 2. The summed E-state index contributed by atoms with van der Waals surface area (Å²) in [5.74, 6) is -0.193. The minimum atomic E-state index is -2.88. The molecule has 1 atom stereocenters. The van der Waals surface area contributed by atoms with Gasteiger partial charge in [0.05, 0.1) is 5.25 Å². The molecular weight excluding hydrogens is 348 g/mol. The van der Waals surface area contributed by atoms with Crippen LogP contribution in [-0.4, -0.2) is 27.7 Å². The van der Waals surface area contributed by atoms with E-state index in [0.29, 0.717) is 10.8 Å². The zero-order valence-electron chi connectivity index (χ0n) is 14.3. The Morgan fingerprint density at radius 1 is 1.12 bits per heavy atom. The van der Waals surface area contributed by atoms with Gasteiger partial charge in [0, 0.05) is 17.1 Å². The number of alkyl halides is 2. The first-order chi connectivity index (χ1) is 11.8. The van der Waals surface area contributed by atoms with Crippen LogP contribution in [-0.2, 0) is 4.79 Å². The summed E-state index contributed by atoms with van der Waals surface area (Å²) in [6.07, 6.45) is 0. The molecule has 1 aromatic carbocycles. The largest absolute Gasteiger partial charge is 0.435 e. The number of nitrogens with one attached hydrogen (secondary N) is 1. The maximum atomic E-state index is 12.3. The third-order valence-corrected chi connectivity index (χ3v) is 4.57. The summed E-state index contributed by atoms with van der Waals surface area (Å²) in [6.45, 7) is 4.64. The van der Waals surface area contributed by atoms with E-state index in [0.717, 1.165) is 17.0 Å². The van der Waals surface area contributed by atoms with Gasteiger partial charge in [0.25, 0.3) is 0 Å². The zero-order valence-corrected chi connectivity index (χ0v) is 15.2. The molecule has 0 aliphatic heterocycles. The Bertz CT molecular complexity index is 731. The van der Waals surface area contributed by atoms with Crippen molar-refractivity contribution in [2.75, 3.05) is 5.32 Å². The molecule has 0 aliphatic carbocycles. The highest BCUT2D eigenvalue weighted by molar-refractivity contribution is 8.00. The van der Waals surface area contributed by atoms with Gasteiger partial charge in [0.2, 0.25) is 5.91 Å². The molecule has 0 saturated heterocycles. The van der Waals surface area contributed by atoms with Crippen LogP contribution in [0.2, 0.25) is 0 Å². The zero-order chi connectivity index (χ0) is 18.6. The fourth-order valence-corrected chi connectivity index (χ4v) is 2.83. The van der Waals surface area contributed by atoms with Gasteiger partial charge in [-0.1, -0.05) is 11.8 Å². The highest BCUT2D eigenvalue weighted by Gasteiger charge is 2.17. The molecule has 0 spiro atoms. The van der Waals surface area contributed by atoms with Crippen LogP contribution in [0, 0.1) is 20.8 Å². The van der Waals surface area contributed by atoms with E-state index in [1.807, 2.05) is 20.8 Å². The van der Waals surface area contributed by atoms with Crippen molar-refractivity contribution in [3.8, 4) is 5.75 Å². The van der Waals surface area contributed by atoms with Crippen LogP contribution in [0.1, 0.15) is 23.9 Å². The molecule has 25 heavy (non-hydrogen) atoms. The summed E-state index contributed by atoms with van der Waals surface area (Å²) < 4.78 is 28.5. The quantitative estimate of drug-likeness (QED) is 0.615. The molecule has 0 aliphatic rings. The van der Waals surface area contributed by atoms with E-state index in [2.05, 4.69) is 20.0 Å². The second kappa shape index (κ2) is 8.24. The molecule has 2 aromatic rings. The van der Waals surface area contributed by atoms with Crippen molar-refractivity contribution < 1.29 is 18.3 Å². The molecule has 1 amide bonds. The van der Waals surface area contributed by atoms with Crippen LogP contribution in [0.15, 0.2) is 29.4 Å². The summed E-state index contributed by atoms with van der Waals surface area (Å²) in [6, 6.07) is 5.75. The predicted molar refractivity (Wildman–Crippen MR) is 93.3 cm³/mol. The normalized spacial score (nSPS) is 12.1. The first-order valence-corrected chi connectivity index (χ1v) is 8.48. The van der Waals surface area contributed by atoms with Gasteiger partial charge in [-0.25, -0.2) is 9.97 Å². The van der Waals surface area contributed by atoms with E-state index in [1.165, 1.54) is 36.0 Å². The second-order valence-corrected chi connectivity index (χ2v) is 6.76. The first-order valence-electron chi connectivity index (χ1n) is 7.60. The van der Waals surface area contributed by atoms with E-state index < -0.39 is 11.9 Å². The lowest BCUT2D eigenvalue weighted by Crippen LogP contribution is -2.22. The topological polar surface area (TPSA) is 64.1 Å². The number of rotatable bonds is 6. The third kappa shape index (κ3) is 5.38. The van der Waals surface area contributed by atoms with Crippen LogP contribution in [0.5, 0.6) is 5.75 Å². The molecule has 8 heteroatoms. The fraction of sp³-hybridized carbons (Fsp3) is 0.353. The van der Waals surface area contributed by atoms with Crippen molar-refractivity contribution in [3.05, 3.63) is 41.2 Å². The van der Waals surface area contributed by atoms with Gasteiger partial charge >= 0.3 is 6.61 Å². The number of amides is 1. The summed E-state index contributed by atoms with van der Waals surface area (Å²) in [5.41, 5.74) is 3.30. The van der Waals surface area contributed by atoms with Gasteiger partial charge in [-0.2, -0.15) is 8.78 Å². The smallest absolute Gasteiger partial charge is 0.387 e. The molecule has 1 heterocycles. The Balaban J connectivity index is 1.98. The molecule has 1 N–H and O–H groups in total. The van der Waals surface area contributed by atoms with Gasteiger partial charge in [-0.3, -0.25) is 4.79 Å². The lowest BCUT2D eigenvalue weighted by atomic mass is 10.2. The van der Waals surface area contributed by atoms with E-state index >= 15 is 0 Å². The lowest BCUT2D eigenvalue weighted by Gasteiger charge is -2.13. The Labute approximate surface area is 149 Å². The highest BCUT2D eigenvalue weighted by atomic mass is 32.2. The maximum Gasteiger partial charge on any atom is 0.387 e. The summed E-state index contributed by atoms with van der Waals surface area (Å²) in [5, 5.41) is 2.85. The van der Waals surface area contributed by atoms with Gasteiger partial charge < -0.3 is 10.1 Å². The monoisotopic (exact) mass is 367 g/mol. The molecule has 134 valence electrons.